The number of anilines is 1. The molecule has 0 amide bonds. The largest absolute Gasteiger partial charge is 0.416 e. The molecule has 0 aliphatic rings. The Morgan fingerprint density at radius 1 is 1.44 bits per heavy atom. The Balaban J connectivity index is 2.86. The molecule has 0 spiro atoms. The molecule has 18 heavy (non-hydrogen) atoms. The van der Waals surface area contributed by atoms with E-state index < -0.39 is 21.8 Å². The molecule has 9 heteroatoms. The lowest BCUT2D eigenvalue weighted by atomic mass is 10.2. The highest BCUT2D eigenvalue weighted by Crippen LogP contribution is 2.29. The van der Waals surface area contributed by atoms with E-state index in [0.717, 1.165) is 12.3 Å². The maximum atomic E-state index is 12.4. The highest BCUT2D eigenvalue weighted by Gasteiger charge is 2.31. The molecule has 1 aromatic rings. The number of sulfonamides is 1. The zero-order valence-electron chi connectivity index (χ0n) is 9.36. The number of rotatable bonds is 5. The Hall–Kier alpha value is -1.35. The summed E-state index contributed by atoms with van der Waals surface area (Å²) in [7, 11) is -2.45. The fourth-order valence-corrected chi connectivity index (χ4v) is 1.98. The summed E-state index contributed by atoms with van der Waals surface area (Å²) < 4.78 is 66.5. The van der Waals surface area contributed by atoms with E-state index >= 15 is 0 Å². The van der Waals surface area contributed by atoms with Crippen LogP contribution in [0, 0.1) is 0 Å². The molecule has 102 valence electrons. The summed E-state index contributed by atoms with van der Waals surface area (Å²) in [6.45, 7) is -0.0612. The third-order valence-electron chi connectivity index (χ3n) is 1.90. The van der Waals surface area contributed by atoms with E-state index in [1.54, 1.807) is 0 Å². The van der Waals surface area contributed by atoms with Crippen LogP contribution in [-0.2, 0) is 20.9 Å². The van der Waals surface area contributed by atoms with Gasteiger partial charge in [-0.2, -0.15) is 13.2 Å². The number of halogens is 3. The Kier molecular flexibility index (Phi) is 4.52. The molecule has 1 heterocycles. The van der Waals surface area contributed by atoms with Crippen molar-refractivity contribution in [3.63, 3.8) is 0 Å². The van der Waals surface area contributed by atoms with Crippen LogP contribution >= 0.6 is 0 Å². The average Bonchev–Trinajstić information content (AvgIpc) is 2.25. The molecule has 0 radical (unpaired) electrons. The van der Waals surface area contributed by atoms with Crippen LogP contribution in [0.1, 0.15) is 5.56 Å². The van der Waals surface area contributed by atoms with Gasteiger partial charge >= 0.3 is 6.18 Å². The smallest absolute Gasteiger partial charge is 0.384 e. The summed E-state index contributed by atoms with van der Waals surface area (Å²) in [5, 5.41) is 0. The Bertz CT molecular complexity index is 502. The highest BCUT2D eigenvalue weighted by atomic mass is 32.2. The van der Waals surface area contributed by atoms with Crippen molar-refractivity contribution in [2.75, 3.05) is 24.2 Å². The molecule has 0 fully saturated rings. The van der Waals surface area contributed by atoms with Gasteiger partial charge < -0.3 is 4.74 Å². The highest BCUT2D eigenvalue weighted by molar-refractivity contribution is 7.92. The van der Waals surface area contributed by atoms with E-state index in [2.05, 4.69) is 9.72 Å². The molecule has 0 saturated carbocycles. The summed E-state index contributed by atoms with van der Waals surface area (Å²) in [5.74, 6) is -0.734. The van der Waals surface area contributed by atoms with Crippen molar-refractivity contribution >= 4 is 15.8 Å². The number of hydrogen-bond acceptors (Lipinski definition) is 4. The summed E-state index contributed by atoms with van der Waals surface area (Å²) in [4.78, 5) is 3.52. The maximum Gasteiger partial charge on any atom is 0.416 e. The normalized spacial score (nSPS) is 12.4. The van der Waals surface area contributed by atoms with Gasteiger partial charge in [-0.3, -0.25) is 4.72 Å². The third-order valence-corrected chi connectivity index (χ3v) is 3.13. The van der Waals surface area contributed by atoms with Crippen molar-refractivity contribution in [2.24, 2.45) is 0 Å². The minimum Gasteiger partial charge on any atom is -0.384 e. The van der Waals surface area contributed by atoms with Crippen LogP contribution in [0.3, 0.4) is 0 Å². The molecule has 0 aliphatic heterocycles. The van der Waals surface area contributed by atoms with Crippen molar-refractivity contribution in [3.8, 4) is 0 Å². The van der Waals surface area contributed by atoms with E-state index in [-0.39, 0.29) is 18.2 Å². The lowest BCUT2D eigenvalue weighted by Gasteiger charge is -2.10. The fraction of sp³-hybridized carbons (Fsp3) is 0.444. The second-order valence-corrected chi connectivity index (χ2v) is 5.18. The Morgan fingerprint density at radius 3 is 2.67 bits per heavy atom. The zero-order valence-corrected chi connectivity index (χ0v) is 10.2. The molecule has 0 unspecified atom stereocenters. The molecule has 0 aliphatic carbocycles. The van der Waals surface area contributed by atoms with E-state index in [0.29, 0.717) is 6.07 Å². The van der Waals surface area contributed by atoms with Gasteiger partial charge in [0.05, 0.1) is 17.9 Å². The summed E-state index contributed by atoms with van der Waals surface area (Å²) in [6.07, 6.45) is -3.66. The second-order valence-electron chi connectivity index (χ2n) is 3.34. The first-order valence-electron chi connectivity index (χ1n) is 4.77. The lowest BCUT2D eigenvalue weighted by Crippen LogP contribution is -2.20. The molecular formula is C9H11F3N2O3S. The zero-order chi connectivity index (χ0) is 13.8. The van der Waals surface area contributed by atoms with Crippen LogP contribution in [0.15, 0.2) is 18.3 Å². The molecule has 0 bridgehead atoms. The van der Waals surface area contributed by atoms with E-state index in [9.17, 15) is 21.6 Å². The van der Waals surface area contributed by atoms with Crippen LogP contribution in [0.25, 0.3) is 0 Å². The van der Waals surface area contributed by atoms with Gasteiger partial charge in [0, 0.05) is 13.3 Å². The monoisotopic (exact) mass is 284 g/mol. The van der Waals surface area contributed by atoms with Crippen LogP contribution in [0.2, 0.25) is 0 Å². The molecule has 1 rings (SSSR count). The van der Waals surface area contributed by atoms with E-state index in [1.165, 1.54) is 7.11 Å². The van der Waals surface area contributed by atoms with Crippen LogP contribution in [0.5, 0.6) is 0 Å². The summed E-state index contributed by atoms with van der Waals surface area (Å²) in [6, 6.07) is 1.39. The van der Waals surface area contributed by atoms with Gasteiger partial charge in [-0.1, -0.05) is 0 Å². The molecule has 0 saturated heterocycles. The average molecular weight is 284 g/mol. The van der Waals surface area contributed by atoms with Crippen LogP contribution in [-0.4, -0.2) is 32.9 Å². The maximum absolute atomic E-state index is 12.4. The number of aromatic nitrogens is 1. The van der Waals surface area contributed by atoms with Gasteiger partial charge in [0.1, 0.15) is 5.82 Å². The predicted molar refractivity (Wildman–Crippen MR) is 58.5 cm³/mol. The van der Waals surface area contributed by atoms with Gasteiger partial charge in [0.15, 0.2) is 0 Å². The van der Waals surface area contributed by atoms with Gasteiger partial charge in [-0.05, 0) is 12.1 Å². The van der Waals surface area contributed by atoms with Crippen LogP contribution < -0.4 is 4.72 Å². The van der Waals surface area contributed by atoms with Crippen LogP contribution in [0.4, 0.5) is 19.0 Å². The SMILES string of the molecule is COCCS(=O)(=O)Nc1cc(C(F)(F)F)ccn1. The molecule has 0 aromatic carbocycles. The van der Waals surface area contributed by atoms with Gasteiger partial charge in [-0.15, -0.1) is 0 Å². The first-order valence-corrected chi connectivity index (χ1v) is 6.42. The van der Waals surface area contributed by atoms with Crippen molar-refractivity contribution in [1.82, 2.24) is 4.98 Å². The summed E-state index contributed by atoms with van der Waals surface area (Å²) >= 11 is 0. The molecule has 0 atom stereocenters. The Morgan fingerprint density at radius 2 is 2.11 bits per heavy atom. The number of methoxy groups -OCH3 is 1. The number of pyridine rings is 1. The van der Waals surface area contributed by atoms with Crippen molar-refractivity contribution in [1.29, 1.82) is 0 Å². The van der Waals surface area contributed by atoms with Crippen molar-refractivity contribution < 1.29 is 26.3 Å². The number of hydrogen-bond donors (Lipinski definition) is 1. The quantitative estimate of drug-likeness (QED) is 0.889. The molecule has 5 nitrogen and oxygen atoms in total. The third kappa shape index (κ3) is 4.49. The second kappa shape index (κ2) is 5.53. The number of nitrogens with zero attached hydrogens (tertiary/aromatic N) is 1. The Labute approximate surface area is 102 Å². The first kappa shape index (κ1) is 14.7. The van der Waals surface area contributed by atoms with Gasteiger partial charge in [0.2, 0.25) is 10.0 Å². The molecule has 1 N–H and O–H groups in total. The standard InChI is InChI=1S/C9H11F3N2O3S/c1-17-4-5-18(15,16)14-8-6-7(2-3-13-8)9(10,11)12/h2-3,6H,4-5H2,1H3,(H,13,14). The van der Waals surface area contributed by atoms with Gasteiger partial charge in [-0.25, -0.2) is 13.4 Å². The minimum absolute atomic E-state index is 0.0612. The lowest BCUT2D eigenvalue weighted by molar-refractivity contribution is -0.137. The predicted octanol–water partition coefficient (Wildman–Crippen LogP) is 1.49. The van der Waals surface area contributed by atoms with E-state index in [4.69, 9.17) is 0 Å². The summed E-state index contributed by atoms with van der Waals surface area (Å²) in [5.41, 5.74) is -0.970. The number of alkyl halides is 3. The molecule has 1 aromatic heterocycles. The van der Waals surface area contributed by atoms with Gasteiger partial charge in [0.25, 0.3) is 0 Å². The number of nitrogens with one attached hydrogen (secondary N) is 1. The van der Waals surface area contributed by atoms with E-state index in [1.807, 2.05) is 4.72 Å². The van der Waals surface area contributed by atoms with Crippen molar-refractivity contribution in [3.05, 3.63) is 23.9 Å². The first-order chi connectivity index (χ1) is 8.24. The fourth-order valence-electron chi connectivity index (χ4n) is 1.07. The number of ether oxygens (including phenoxy) is 1. The molecular weight excluding hydrogens is 273 g/mol. The van der Waals surface area contributed by atoms with Crippen molar-refractivity contribution in [2.45, 2.75) is 6.18 Å². The minimum atomic E-state index is -4.55. The topological polar surface area (TPSA) is 68.3 Å².